The van der Waals surface area contributed by atoms with Gasteiger partial charge in [0, 0.05) is 24.7 Å². The highest BCUT2D eigenvalue weighted by Crippen LogP contribution is 2.13. The highest BCUT2D eigenvalue weighted by molar-refractivity contribution is 7.88. The number of ether oxygens (including phenoxy) is 1. The van der Waals surface area contributed by atoms with Gasteiger partial charge in [-0.25, -0.2) is 13.1 Å². The molecular weight excluding hydrogens is 300 g/mol. The molecule has 1 heterocycles. The van der Waals surface area contributed by atoms with Crippen LogP contribution in [0, 0.1) is 0 Å². The summed E-state index contributed by atoms with van der Waals surface area (Å²) < 4.78 is 32.1. The van der Waals surface area contributed by atoms with Crippen molar-refractivity contribution in [2.45, 2.75) is 11.9 Å². The molecule has 7 heteroatoms. The van der Waals surface area contributed by atoms with Gasteiger partial charge in [-0.3, -0.25) is 0 Å². The maximum atomic E-state index is 12.0. The van der Waals surface area contributed by atoms with Gasteiger partial charge in [0.1, 0.15) is 0 Å². The van der Waals surface area contributed by atoms with Crippen LogP contribution in [0.4, 0.5) is 0 Å². The van der Waals surface area contributed by atoms with Crippen LogP contribution in [0.25, 0.3) is 0 Å². The third-order valence-corrected chi connectivity index (χ3v) is 4.67. The van der Waals surface area contributed by atoms with Crippen LogP contribution in [-0.2, 0) is 20.5 Å². The Balaban J connectivity index is 1.87. The van der Waals surface area contributed by atoms with Crippen LogP contribution >= 0.6 is 11.6 Å². The average Bonchev–Trinajstić information content (AvgIpc) is 2.36. The van der Waals surface area contributed by atoms with E-state index in [1.165, 1.54) is 0 Å². The van der Waals surface area contributed by atoms with E-state index in [1.54, 1.807) is 24.3 Å². The first-order valence-electron chi connectivity index (χ1n) is 6.46. The fourth-order valence-electron chi connectivity index (χ4n) is 2.11. The van der Waals surface area contributed by atoms with Crippen molar-refractivity contribution in [2.24, 2.45) is 0 Å². The molecule has 112 valence electrons. The SMILES string of the molecule is CN1CCO[C@@H](CNS(=O)(=O)Cc2cccc(Cl)c2)C1. The Kier molecular flexibility index (Phi) is 5.40. The molecule has 0 radical (unpaired) electrons. The minimum atomic E-state index is -3.38. The lowest BCUT2D eigenvalue weighted by Crippen LogP contribution is -2.46. The molecule has 0 unspecified atom stereocenters. The molecule has 0 aliphatic carbocycles. The molecule has 1 N–H and O–H groups in total. The summed E-state index contributed by atoms with van der Waals surface area (Å²) >= 11 is 5.85. The largest absolute Gasteiger partial charge is 0.374 e. The van der Waals surface area contributed by atoms with Crippen molar-refractivity contribution >= 4 is 21.6 Å². The maximum Gasteiger partial charge on any atom is 0.215 e. The minimum Gasteiger partial charge on any atom is -0.374 e. The molecule has 0 saturated carbocycles. The molecule has 0 bridgehead atoms. The first-order valence-corrected chi connectivity index (χ1v) is 8.49. The summed E-state index contributed by atoms with van der Waals surface area (Å²) in [7, 11) is -1.38. The molecule has 1 saturated heterocycles. The Morgan fingerprint density at radius 1 is 1.50 bits per heavy atom. The van der Waals surface area contributed by atoms with E-state index in [1.807, 2.05) is 7.05 Å². The van der Waals surface area contributed by atoms with Gasteiger partial charge in [0.15, 0.2) is 0 Å². The Morgan fingerprint density at radius 3 is 3.00 bits per heavy atom. The second-order valence-electron chi connectivity index (χ2n) is 4.99. The molecule has 0 amide bonds. The summed E-state index contributed by atoms with van der Waals surface area (Å²) in [5, 5.41) is 0.537. The van der Waals surface area contributed by atoms with E-state index in [2.05, 4.69) is 9.62 Å². The third kappa shape index (κ3) is 5.03. The number of morpholine rings is 1. The van der Waals surface area contributed by atoms with Crippen molar-refractivity contribution in [1.82, 2.24) is 9.62 Å². The second-order valence-corrected chi connectivity index (χ2v) is 7.24. The summed E-state index contributed by atoms with van der Waals surface area (Å²) in [4.78, 5) is 2.12. The molecule has 0 spiro atoms. The fourth-order valence-corrected chi connectivity index (χ4v) is 3.48. The lowest BCUT2D eigenvalue weighted by molar-refractivity contribution is -0.0156. The van der Waals surface area contributed by atoms with Crippen LogP contribution in [0.15, 0.2) is 24.3 Å². The Bertz CT molecular complexity index is 550. The van der Waals surface area contributed by atoms with Gasteiger partial charge in [-0.05, 0) is 24.7 Å². The summed E-state index contributed by atoms with van der Waals surface area (Å²) in [6.45, 7) is 2.55. The van der Waals surface area contributed by atoms with Gasteiger partial charge >= 0.3 is 0 Å². The summed E-state index contributed by atoms with van der Waals surface area (Å²) in [6, 6.07) is 6.87. The molecule has 1 aliphatic rings. The Morgan fingerprint density at radius 2 is 2.30 bits per heavy atom. The van der Waals surface area contributed by atoms with Gasteiger partial charge in [-0.1, -0.05) is 23.7 Å². The zero-order chi connectivity index (χ0) is 14.6. The van der Waals surface area contributed by atoms with Gasteiger partial charge in [0.25, 0.3) is 0 Å². The summed E-state index contributed by atoms with van der Waals surface area (Å²) in [5.74, 6) is -0.0733. The van der Waals surface area contributed by atoms with Crippen molar-refractivity contribution in [3.63, 3.8) is 0 Å². The van der Waals surface area contributed by atoms with Crippen molar-refractivity contribution in [1.29, 1.82) is 0 Å². The Labute approximate surface area is 124 Å². The van der Waals surface area contributed by atoms with E-state index in [-0.39, 0.29) is 11.9 Å². The van der Waals surface area contributed by atoms with E-state index in [4.69, 9.17) is 16.3 Å². The third-order valence-electron chi connectivity index (χ3n) is 3.12. The molecule has 1 aromatic carbocycles. The number of likely N-dealkylation sites (N-methyl/N-ethyl adjacent to an activating group) is 1. The molecule has 1 aliphatic heterocycles. The molecule has 5 nitrogen and oxygen atoms in total. The molecule has 20 heavy (non-hydrogen) atoms. The van der Waals surface area contributed by atoms with Gasteiger partial charge in [0.2, 0.25) is 10.0 Å². The summed E-state index contributed by atoms with van der Waals surface area (Å²) in [5.41, 5.74) is 0.673. The molecule has 2 rings (SSSR count). The highest BCUT2D eigenvalue weighted by atomic mass is 35.5. The van der Waals surface area contributed by atoms with Gasteiger partial charge in [-0.15, -0.1) is 0 Å². The standard InChI is InChI=1S/C13H19ClN2O3S/c1-16-5-6-19-13(9-16)8-15-20(17,18)10-11-3-2-4-12(14)7-11/h2-4,7,13,15H,5-6,8-10H2,1H3/t13-/m0/s1. The normalized spacial score (nSPS) is 21.0. The monoisotopic (exact) mass is 318 g/mol. The van der Waals surface area contributed by atoms with Crippen LogP contribution in [-0.4, -0.2) is 52.7 Å². The molecule has 1 atom stereocenters. The number of sulfonamides is 1. The van der Waals surface area contributed by atoms with Crippen molar-refractivity contribution < 1.29 is 13.2 Å². The Hall–Kier alpha value is -0.660. The first kappa shape index (κ1) is 15.7. The van der Waals surface area contributed by atoms with Crippen LogP contribution in [0.3, 0.4) is 0 Å². The quantitative estimate of drug-likeness (QED) is 0.883. The van der Waals surface area contributed by atoms with Crippen LogP contribution in [0.2, 0.25) is 5.02 Å². The lowest BCUT2D eigenvalue weighted by atomic mass is 10.2. The van der Waals surface area contributed by atoms with E-state index in [0.717, 1.165) is 13.1 Å². The number of nitrogens with one attached hydrogen (secondary N) is 1. The lowest BCUT2D eigenvalue weighted by Gasteiger charge is -2.30. The van der Waals surface area contributed by atoms with Crippen LogP contribution < -0.4 is 4.72 Å². The van der Waals surface area contributed by atoms with Gasteiger partial charge in [0.05, 0.1) is 18.5 Å². The predicted molar refractivity (Wildman–Crippen MR) is 79.3 cm³/mol. The average molecular weight is 319 g/mol. The second kappa shape index (κ2) is 6.87. The number of nitrogens with zero attached hydrogens (tertiary/aromatic N) is 1. The van der Waals surface area contributed by atoms with E-state index >= 15 is 0 Å². The van der Waals surface area contributed by atoms with Crippen LogP contribution in [0.5, 0.6) is 0 Å². The predicted octanol–water partition coefficient (Wildman–Crippen LogP) is 1.09. The first-order chi connectivity index (χ1) is 9.44. The van der Waals surface area contributed by atoms with Crippen LogP contribution in [0.1, 0.15) is 5.56 Å². The smallest absolute Gasteiger partial charge is 0.215 e. The number of hydrogen-bond donors (Lipinski definition) is 1. The van der Waals surface area contributed by atoms with Crippen molar-refractivity contribution in [3.8, 4) is 0 Å². The molecular formula is C13H19ClN2O3S. The highest BCUT2D eigenvalue weighted by Gasteiger charge is 2.20. The summed E-state index contributed by atoms with van der Waals surface area (Å²) in [6.07, 6.45) is -0.0945. The molecule has 0 aromatic heterocycles. The number of halogens is 1. The minimum absolute atomic E-state index is 0.0733. The zero-order valence-corrected chi connectivity index (χ0v) is 13.0. The molecule has 1 aromatic rings. The van der Waals surface area contributed by atoms with Gasteiger partial charge in [-0.2, -0.15) is 0 Å². The number of hydrogen-bond acceptors (Lipinski definition) is 4. The maximum absolute atomic E-state index is 12.0. The topological polar surface area (TPSA) is 58.6 Å². The van der Waals surface area contributed by atoms with E-state index in [9.17, 15) is 8.42 Å². The van der Waals surface area contributed by atoms with E-state index < -0.39 is 10.0 Å². The number of rotatable bonds is 5. The van der Waals surface area contributed by atoms with E-state index in [0.29, 0.717) is 23.7 Å². The molecule has 1 fully saturated rings. The van der Waals surface area contributed by atoms with Crippen molar-refractivity contribution in [3.05, 3.63) is 34.9 Å². The van der Waals surface area contributed by atoms with Crippen molar-refractivity contribution in [2.75, 3.05) is 33.3 Å². The fraction of sp³-hybridized carbons (Fsp3) is 0.538. The zero-order valence-electron chi connectivity index (χ0n) is 11.4. The number of benzene rings is 1. The van der Waals surface area contributed by atoms with Gasteiger partial charge < -0.3 is 9.64 Å².